The molecule has 0 atom stereocenters. The topological polar surface area (TPSA) is 71.9 Å². The molecule has 0 radical (unpaired) electrons. The number of hydrogen-bond donors (Lipinski definition) is 1. The van der Waals surface area contributed by atoms with Crippen molar-refractivity contribution < 1.29 is 4.74 Å². The Hall–Kier alpha value is -1.60. The highest BCUT2D eigenvalue weighted by molar-refractivity contribution is 5.20. The van der Waals surface area contributed by atoms with Gasteiger partial charge in [-0.3, -0.25) is 4.98 Å². The van der Waals surface area contributed by atoms with Crippen LogP contribution in [0, 0.1) is 16.7 Å². The summed E-state index contributed by atoms with van der Waals surface area (Å²) in [5.41, 5.74) is 6.42. The minimum atomic E-state index is 0.112. The Morgan fingerprint density at radius 1 is 1.50 bits per heavy atom. The summed E-state index contributed by atoms with van der Waals surface area (Å²) < 4.78 is 5.63. The van der Waals surface area contributed by atoms with Gasteiger partial charge in [-0.2, -0.15) is 5.26 Å². The molecule has 4 nitrogen and oxygen atoms in total. The average Bonchev–Trinajstić information content (AvgIpc) is 3.08. The third-order valence-electron chi connectivity index (χ3n) is 2.96. The summed E-state index contributed by atoms with van der Waals surface area (Å²) in [7, 11) is 0. The summed E-state index contributed by atoms with van der Waals surface area (Å²) >= 11 is 0. The van der Waals surface area contributed by atoms with Gasteiger partial charge in [0, 0.05) is 18.4 Å². The van der Waals surface area contributed by atoms with Gasteiger partial charge in [0.2, 0.25) is 0 Å². The largest absolute Gasteiger partial charge is 0.491 e. The molecule has 1 aromatic rings. The van der Waals surface area contributed by atoms with E-state index >= 15 is 0 Å². The van der Waals surface area contributed by atoms with Crippen molar-refractivity contribution >= 4 is 0 Å². The fourth-order valence-electron chi connectivity index (χ4n) is 1.57. The molecule has 0 unspecified atom stereocenters. The Labute approximate surface area is 95.0 Å². The van der Waals surface area contributed by atoms with Crippen molar-refractivity contribution in [3.05, 3.63) is 24.0 Å². The first-order valence-electron chi connectivity index (χ1n) is 5.43. The van der Waals surface area contributed by atoms with Gasteiger partial charge in [0.25, 0.3) is 0 Å². The van der Waals surface area contributed by atoms with Crippen LogP contribution in [0.5, 0.6) is 5.75 Å². The van der Waals surface area contributed by atoms with Crippen molar-refractivity contribution in [3.63, 3.8) is 0 Å². The van der Waals surface area contributed by atoms with Crippen LogP contribution >= 0.6 is 0 Å². The third-order valence-corrected chi connectivity index (χ3v) is 2.96. The number of nitrogens with zero attached hydrogens (tertiary/aromatic N) is 2. The first kappa shape index (κ1) is 10.9. The molecule has 16 heavy (non-hydrogen) atoms. The van der Waals surface area contributed by atoms with Crippen LogP contribution in [0.25, 0.3) is 0 Å². The van der Waals surface area contributed by atoms with Crippen molar-refractivity contribution in [1.29, 1.82) is 5.26 Å². The lowest BCUT2D eigenvalue weighted by Gasteiger charge is -2.12. The second-order valence-electron chi connectivity index (χ2n) is 4.31. The predicted octanol–water partition coefficient (Wildman–Crippen LogP) is 1.61. The monoisotopic (exact) mass is 217 g/mol. The van der Waals surface area contributed by atoms with Gasteiger partial charge in [-0.15, -0.1) is 0 Å². The Kier molecular flexibility index (Phi) is 3.07. The molecular formula is C12H15N3O. The number of aromatic nitrogens is 1. The first-order chi connectivity index (χ1) is 7.78. The first-order valence-corrected chi connectivity index (χ1v) is 5.43. The zero-order valence-electron chi connectivity index (χ0n) is 9.15. The number of ether oxygens (including phenoxy) is 1. The van der Waals surface area contributed by atoms with E-state index in [4.69, 9.17) is 15.7 Å². The minimum absolute atomic E-state index is 0.112. The molecule has 84 valence electrons. The summed E-state index contributed by atoms with van der Waals surface area (Å²) in [6.45, 7) is 1.06. The number of pyridine rings is 1. The summed E-state index contributed by atoms with van der Waals surface area (Å²) in [5, 5.41) is 8.68. The van der Waals surface area contributed by atoms with E-state index in [1.165, 1.54) is 0 Å². The maximum Gasteiger partial charge on any atom is 0.137 e. The van der Waals surface area contributed by atoms with E-state index in [-0.39, 0.29) is 5.41 Å². The van der Waals surface area contributed by atoms with Gasteiger partial charge in [0.1, 0.15) is 5.75 Å². The molecule has 1 aliphatic carbocycles. The zero-order chi connectivity index (χ0) is 11.4. The third kappa shape index (κ3) is 2.50. The SMILES string of the molecule is N#CCC1(COc2ccc(CN)nc2)CC1. The molecule has 1 fully saturated rings. The molecular weight excluding hydrogens is 202 g/mol. The van der Waals surface area contributed by atoms with Crippen LogP contribution in [0.4, 0.5) is 0 Å². The highest BCUT2D eigenvalue weighted by atomic mass is 16.5. The Morgan fingerprint density at radius 3 is 2.81 bits per heavy atom. The number of nitrogens with two attached hydrogens (primary N) is 1. The van der Waals surface area contributed by atoms with E-state index in [0.29, 0.717) is 19.6 Å². The summed E-state index contributed by atoms with van der Waals surface area (Å²) in [6.07, 6.45) is 4.45. The number of hydrogen-bond acceptors (Lipinski definition) is 4. The van der Waals surface area contributed by atoms with Gasteiger partial charge in [-0.05, 0) is 25.0 Å². The van der Waals surface area contributed by atoms with Gasteiger partial charge in [0.05, 0.1) is 24.6 Å². The van der Waals surface area contributed by atoms with Crippen molar-refractivity contribution in [2.45, 2.75) is 25.8 Å². The van der Waals surface area contributed by atoms with Gasteiger partial charge in [0.15, 0.2) is 0 Å². The van der Waals surface area contributed by atoms with Gasteiger partial charge >= 0.3 is 0 Å². The van der Waals surface area contributed by atoms with Crippen LogP contribution in [-0.2, 0) is 6.54 Å². The second kappa shape index (κ2) is 4.50. The molecule has 4 heteroatoms. The van der Waals surface area contributed by atoms with E-state index in [1.807, 2.05) is 12.1 Å². The maximum atomic E-state index is 8.68. The molecule has 2 rings (SSSR count). The van der Waals surface area contributed by atoms with Gasteiger partial charge < -0.3 is 10.5 Å². The maximum absolute atomic E-state index is 8.68. The van der Waals surface area contributed by atoms with E-state index in [9.17, 15) is 0 Å². The quantitative estimate of drug-likeness (QED) is 0.813. The van der Waals surface area contributed by atoms with E-state index < -0.39 is 0 Å². The molecule has 0 spiro atoms. The van der Waals surface area contributed by atoms with Crippen molar-refractivity contribution in [2.75, 3.05) is 6.61 Å². The Bertz CT molecular complexity index is 390. The normalized spacial score (nSPS) is 16.5. The summed E-state index contributed by atoms with van der Waals surface area (Å²) in [4.78, 5) is 4.15. The summed E-state index contributed by atoms with van der Waals surface area (Å²) in [6, 6.07) is 5.95. The lowest BCUT2D eigenvalue weighted by atomic mass is 10.1. The average molecular weight is 217 g/mol. The highest BCUT2D eigenvalue weighted by Crippen LogP contribution is 2.48. The van der Waals surface area contributed by atoms with Crippen molar-refractivity contribution in [1.82, 2.24) is 4.98 Å². The van der Waals surface area contributed by atoms with E-state index in [1.54, 1.807) is 6.20 Å². The predicted molar refractivity (Wildman–Crippen MR) is 59.5 cm³/mol. The van der Waals surface area contributed by atoms with Crippen LogP contribution in [-0.4, -0.2) is 11.6 Å². The fraction of sp³-hybridized carbons (Fsp3) is 0.500. The molecule has 0 bridgehead atoms. The molecule has 1 aromatic heterocycles. The highest BCUT2D eigenvalue weighted by Gasteiger charge is 2.43. The molecule has 1 saturated carbocycles. The van der Waals surface area contributed by atoms with Crippen LogP contribution in [0.1, 0.15) is 25.0 Å². The summed E-state index contributed by atoms with van der Waals surface area (Å²) in [5.74, 6) is 0.751. The lowest BCUT2D eigenvalue weighted by molar-refractivity contribution is 0.236. The molecule has 0 aliphatic heterocycles. The van der Waals surface area contributed by atoms with Crippen LogP contribution < -0.4 is 10.5 Å². The second-order valence-corrected chi connectivity index (χ2v) is 4.31. The molecule has 2 N–H and O–H groups in total. The van der Waals surface area contributed by atoms with Crippen molar-refractivity contribution in [3.8, 4) is 11.8 Å². The Morgan fingerprint density at radius 2 is 2.31 bits per heavy atom. The van der Waals surface area contributed by atoms with Gasteiger partial charge in [-0.25, -0.2) is 0 Å². The van der Waals surface area contributed by atoms with Crippen LogP contribution in [0.3, 0.4) is 0 Å². The minimum Gasteiger partial charge on any atom is -0.491 e. The number of rotatable bonds is 5. The van der Waals surface area contributed by atoms with Crippen molar-refractivity contribution in [2.24, 2.45) is 11.1 Å². The molecule has 0 amide bonds. The van der Waals surface area contributed by atoms with E-state index in [0.717, 1.165) is 24.3 Å². The standard InChI is InChI=1S/C12H15N3O/c13-6-5-12(3-4-12)9-16-11-2-1-10(7-14)15-8-11/h1-2,8H,3-5,7,9,14H2. The Balaban J connectivity index is 1.88. The molecule has 1 heterocycles. The molecule has 0 saturated heterocycles. The fourth-order valence-corrected chi connectivity index (χ4v) is 1.57. The van der Waals surface area contributed by atoms with E-state index in [2.05, 4.69) is 11.1 Å². The smallest absolute Gasteiger partial charge is 0.137 e. The van der Waals surface area contributed by atoms with Crippen LogP contribution in [0.15, 0.2) is 18.3 Å². The lowest BCUT2D eigenvalue weighted by Crippen LogP contribution is -2.12. The van der Waals surface area contributed by atoms with Crippen LogP contribution in [0.2, 0.25) is 0 Å². The zero-order valence-corrected chi connectivity index (χ0v) is 9.15. The van der Waals surface area contributed by atoms with Gasteiger partial charge in [-0.1, -0.05) is 0 Å². The number of nitriles is 1. The molecule has 1 aliphatic rings. The molecule has 0 aromatic carbocycles.